The van der Waals surface area contributed by atoms with Crippen LogP contribution in [0.25, 0.3) is 0 Å². The molecule has 0 radical (unpaired) electrons. The van der Waals surface area contributed by atoms with Crippen LogP contribution in [0.4, 0.5) is 0 Å². The average Bonchev–Trinajstić information content (AvgIpc) is 2.87. The first-order valence-corrected chi connectivity index (χ1v) is 13.9. The van der Waals surface area contributed by atoms with Crippen molar-refractivity contribution in [2.45, 2.75) is 128 Å². The summed E-state index contributed by atoms with van der Waals surface area (Å²) in [7, 11) is 0. The van der Waals surface area contributed by atoms with Crippen molar-refractivity contribution in [3.8, 4) is 6.07 Å². The first kappa shape index (κ1) is 26.2. The van der Waals surface area contributed by atoms with E-state index in [-0.39, 0.29) is 17.6 Å². The minimum atomic E-state index is -0.0655. The molecule has 33 heavy (non-hydrogen) atoms. The molecule has 2 aliphatic rings. The standard InChI is InChI=1S/C30H47NO2/c1-3-5-7-9-10-12-28-22-33-29(23-32-28)27-15-13-25(14-16-27)26-17-20-30(24-31,21-18-26)19-11-8-6-4-2/h13-16,26,28-29H,3-12,17-23H2,1-2H3/t26?,28?,29-,30?/m0/s1. The van der Waals surface area contributed by atoms with Gasteiger partial charge in [0.2, 0.25) is 0 Å². The summed E-state index contributed by atoms with van der Waals surface area (Å²) >= 11 is 0. The Kier molecular flexibility index (Phi) is 11.2. The van der Waals surface area contributed by atoms with Crippen LogP contribution in [0.5, 0.6) is 0 Å². The molecule has 1 unspecified atom stereocenters. The Labute approximate surface area is 203 Å². The molecule has 1 saturated heterocycles. The van der Waals surface area contributed by atoms with Crippen LogP contribution in [0.15, 0.2) is 24.3 Å². The fourth-order valence-corrected chi connectivity index (χ4v) is 5.67. The van der Waals surface area contributed by atoms with E-state index in [1.807, 2.05) is 0 Å². The second-order valence-corrected chi connectivity index (χ2v) is 10.6. The second kappa shape index (κ2) is 14.1. The third-order valence-corrected chi connectivity index (χ3v) is 8.06. The van der Waals surface area contributed by atoms with Gasteiger partial charge in [-0.1, -0.05) is 95.9 Å². The molecule has 0 aromatic heterocycles. The fraction of sp³-hybridized carbons (Fsp3) is 0.767. The van der Waals surface area contributed by atoms with Crippen molar-refractivity contribution in [1.29, 1.82) is 5.26 Å². The predicted octanol–water partition coefficient (Wildman–Crippen LogP) is 8.64. The highest BCUT2D eigenvalue weighted by molar-refractivity contribution is 5.28. The molecule has 0 amide bonds. The lowest BCUT2D eigenvalue weighted by molar-refractivity contribution is -0.137. The van der Waals surface area contributed by atoms with E-state index in [0.29, 0.717) is 12.5 Å². The monoisotopic (exact) mass is 453 g/mol. The maximum atomic E-state index is 9.86. The van der Waals surface area contributed by atoms with Crippen molar-refractivity contribution in [3.63, 3.8) is 0 Å². The zero-order chi connectivity index (χ0) is 23.4. The van der Waals surface area contributed by atoms with Crippen LogP contribution in [0.3, 0.4) is 0 Å². The molecule has 3 rings (SSSR count). The van der Waals surface area contributed by atoms with Crippen molar-refractivity contribution >= 4 is 0 Å². The van der Waals surface area contributed by atoms with E-state index in [0.717, 1.165) is 45.1 Å². The molecule has 1 aliphatic carbocycles. The van der Waals surface area contributed by atoms with Crippen LogP contribution in [0, 0.1) is 16.7 Å². The van der Waals surface area contributed by atoms with Crippen molar-refractivity contribution in [2.24, 2.45) is 5.41 Å². The Morgan fingerprint density at radius 2 is 1.45 bits per heavy atom. The highest BCUT2D eigenvalue weighted by Crippen LogP contribution is 2.45. The summed E-state index contributed by atoms with van der Waals surface area (Å²) in [6, 6.07) is 11.8. The van der Waals surface area contributed by atoms with Crippen LogP contribution in [-0.2, 0) is 9.47 Å². The first-order chi connectivity index (χ1) is 16.2. The van der Waals surface area contributed by atoms with Gasteiger partial charge in [-0.05, 0) is 55.6 Å². The molecule has 1 aliphatic heterocycles. The van der Waals surface area contributed by atoms with Gasteiger partial charge in [0.25, 0.3) is 0 Å². The van der Waals surface area contributed by atoms with Crippen LogP contribution in [-0.4, -0.2) is 19.3 Å². The lowest BCUT2D eigenvalue weighted by Crippen LogP contribution is -2.31. The summed E-state index contributed by atoms with van der Waals surface area (Å²) < 4.78 is 12.3. The molecule has 2 fully saturated rings. The molecule has 1 saturated carbocycles. The van der Waals surface area contributed by atoms with Crippen molar-refractivity contribution in [1.82, 2.24) is 0 Å². The Hall–Kier alpha value is -1.37. The van der Waals surface area contributed by atoms with E-state index in [4.69, 9.17) is 9.47 Å². The normalized spacial score (nSPS) is 27.8. The molecule has 1 heterocycles. The van der Waals surface area contributed by atoms with Crippen LogP contribution < -0.4 is 0 Å². The average molecular weight is 454 g/mol. The lowest BCUT2D eigenvalue weighted by atomic mass is 9.67. The minimum Gasteiger partial charge on any atom is -0.373 e. The van der Waals surface area contributed by atoms with Crippen LogP contribution in [0.1, 0.15) is 133 Å². The quantitative estimate of drug-likeness (QED) is 0.281. The summed E-state index contributed by atoms with van der Waals surface area (Å²) in [5.74, 6) is 0.594. The van der Waals surface area contributed by atoms with Gasteiger partial charge >= 0.3 is 0 Å². The van der Waals surface area contributed by atoms with E-state index in [1.165, 1.54) is 68.9 Å². The molecule has 3 heteroatoms. The molecule has 1 aromatic carbocycles. The molecule has 2 atom stereocenters. The van der Waals surface area contributed by atoms with Gasteiger partial charge < -0.3 is 9.47 Å². The Morgan fingerprint density at radius 3 is 2.06 bits per heavy atom. The van der Waals surface area contributed by atoms with Gasteiger partial charge in [-0.3, -0.25) is 0 Å². The Balaban J connectivity index is 1.41. The number of unbranched alkanes of at least 4 members (excludes halogenated alkanes) is 7. The van der Waals surface area contributed by atoms with Gasteiger partial charge in [0, 0.05) is 0 Å². The SMILES string of the molecule is CCCCCCCC1CO[C@H](c2ccc(C3CCC(C#N)(CCCCCC)CC3)cc2)CO1. The molecular formula is C30H47NO2. The number of hydrogen-bond donors (Lipinski definition) is 0. The lowest BCUT2D eigenvalue weighted by Gasteiger charge is -2.35. The van der Waals surface area contributed by atoms with Crippen LogP contribution >= 0.6 is 0 Å². The summed E-state index contributed by atoms with van der Waals surface area (Å²) in [6.45, 7) is 5.90. The zero-order valence-corrected chi connectivity index (χ0v) is 21.3. The molecular weight excluding hydrogens is 406 g/mol. The largest absolute Gasteiger partial charge is 0.373 e. The third-order valence-electron chi connectivity index (χ3n) is 8.06. The van der Waals surface area contributed by atoms with Gasteiger partial charge in [-0.15, -0.1) is 0 Å². The summed E-state index contributed by atoms with van der Waals surface area (Å²) in [4.78, 5) is 0. The van der Waals surface area contributed by atoms with Gasteiger partial charge in [0.05, 0.1) is 30.8 Å². The number of nitrogens with zero attached hydrogens (tertiary/aromatic N) is 1. The minimum absolute atomic E-state index is 0.0655. The Bertz CT molecular complexity index is 691. The third kappa shape index (κ3) is 8.11. The molecule has 0 bridgehead atoms. The van der Waals surface area contributed by atoms with Gasteiger partial charge in [-0.25, -0.2) is 0 Å². The smallest absolute Gasteiger partial charge is 0.106 e. The number of benzene rings is 1. The molecule has 3 nitrogen and oxygen atoms in total. The van der Waals surface area contributed by atoms with E-state index < -0.39 is 0 Å². The molecule has 184 valence electrons. The predicted molar refractivity (Wildman–Crippen MR) is 136 cm³/mol. The van der Waals surface area contributed by atoms with E-state index in [9.17, 15) is 5.26 Å². The van der Waals surface area contributed by atoms with Gasteiger partial charge in [-0.2, -0.15) is 5.26 Å². The molecule has 1 aromatic rings. The fourth-order valence-electron chi connectivity index (χ4n) is 5.67. The Morgan fingerprint density at radius 1 is 0.818 bits per heavy atom. The van der Waals surface area contributed by atoms with E-state index in [1.54, 1.807) is 0 Å². The number of ether oxygens (including phenoxy) is 2. The summed E-state index contributed by atoms with van der Waals surface area (Å²) in [5.41, 5.74) is 2.60. The van der Waals surface area contributed by atoms with E-state index >= 15 is 0 Å². The highest BCUT2D eigenvalue weighted by Gasteiger charge is 2.35. The summed E-state index contributed by atoms with van der Waals surface area (Å²) in [5, 5.41) is 9.86. The second-order valence-electron chi connectivity index (χ2n) is 10.6. The maximum Gasteiger partial charge on any atom is 0.106 e. The molecule has 0 N–H and O–H groups in total. The first-order valence-electron chi connectivity index (χ1n) is 13.9. The zero-order valence-electron chi connectivity index (χ0n) is 21.3. The van der Waals surface area contributed by atoms with E-state index in [2.05, 4.69) is 44.2 Å². The number of nitriles is 1. The van der Waals surface area contributed by atoms with Crippen LogP contribution in [0.2, 0.25) is 0 Å². The topological polar surface area (TPSA) is 42.2 Å². The van der Waals surface area contributed by atoms with Gasteiger partial charge in [0.15, 0.2) is 0 Å². The number of rotatable bonds is 13. The van der Waals surface area contributed by atoms with Crippen molar-refractivity contribution in [2.75, 3.05) is 13.2 Å². The highest BCUT2D eigenvalue weighted by atomic mass is 16.6. The number of hydrogen-bond acceptors (Lipinski definition) is 3. The molecule has 0 spiro atoms. The van der Waals surface area contributed by atoms with Gasteiger partial charge in [0.1, 0.15) is 6.10 Å². The van der Waals surface area contributed by atoms with Crippen molar-refractivity contribution in [3.05, 3.63) is 35.4 Å². The van der Waals surface area contributed by atoms with Crippen molar-refractivity contribution < 1.29 is 9.47 Å². The maximum absolute atomic E-state index is 9.86. The summed E-state index contributed by atoms with van der Waals surface area (Å²) in [6.07, 6.45) is 18.5.